The molecule has 10 rings (SSSR count). The maximum Gasteiger partial charge on any atom is 0.416 e. The molecule has 18 nitrogen and oxygen atoms in total. The molecule has 1 spiro atoms. The Morgan fingerprint density at radius 1 is 0.855 bits per heavy atom. The fourth-order valence-electron chi connectivity index (χ4n) is 11.5. The molecule has 2 aromatic carbocycles. The molecule has 7 amide bonds. The van der Waals surface area contributed by atoms with Gasteiger partial charge < -0.3 is 26.2 Å². The number of hydrogen-bond donors (Lipinski definition) is 4. The topological polar surface area (TPSA) is 221 Å². The molecular weight excluding hydrogens is 982 g/mol. The summed E-state index contributed by atoms with van der Waals surface area (Å²) in [6.07, 6.45) is 10.0. The van der Waals surface area contributed by atoms with Gasteiger partial charge in [0.1, 0.15) is 17.3 Å². The first-order chi connectivity index (χ1) is 36.5. The summed E-state index contributed by atoms with van der Waals surface area (Å²) in [5.74, 6) is -1.31. The van der Waals surface area contributed by atoms with Crippen LogP contribution in [0.3, 0.4) is 0 Å². The number of nitrogens with zero attached hydrogens (tertiary/aromatic N) is 8. The van der Waals surface area contributed by atoms with E-state index in [9.17, 15) is 41.9 Å². The highest BCUT2D eigenvalue weighted by atomic mass is 19.4. The number of carbonyl (C=O) groups is 6. The Morgan fingerprint density at radius 3 is 2.36 bits per heavy atom. The van der Waals surface area contributed by atoms with E-state index in [0.717, 1.165) is 93.0 Å². The number of piperidine rings is 2. The Kier molecular flexibility index (Phi) is 14.7. The summed E-state index contributed by atoms with van der Waals surface area (Å²) in [7, 11) is 0. The van der Waals surface area contributed by atoms with Gasteiger partial charge in [0.2, 0.25) is 17.7 Å². The lowest BCUT2D eigenvalue weighted by Crippen LogP contribution is -2.51. The van der Waals surface area contributed by atoms with Crippen LogP contribution in [0.5, 0.6) is 0 Å². The molecule has 0 radical (unpaired) electrons. The first-order valence-electron chi connectivity index (χ1n) is 26.1. The molecule has 7 heterocycles. The van der Waals surface area contributed by atoms with Crippen molar-refractivity contribution in [2.75, 3.05) is 68.3 Å². The number of aryl methyl sites for hydroxylation is 1. The predicted octanol–water partition coefficient (Wildman–Crippen LogP) is 7.36. The molecule has 3 saturated heterocycles. The maximum absolute atomic E-state index is 14.1. The molecule has 4 aliphatic heterocycles. The molecule has 1 saturated carbocycles. The predicted molar refractivity (Wildman–Crippen MR) is 279 cm³/mol. The van der Waals surface area contributed by atoms with Crippen LogP contribution in [-0.2, 0) is 20.6 Å². The number of benzene rings is 2. The molecule has 3 aromatic heterocycles. The average Bonchev–Trinajstić information content (AvgIpc) is 3.82. The zero-order valence-electron chi connectivity index (χ0n) is 42.3. The summed E-state index contributed by atoms with van der Waals surface area (Å²) >= 11 is 0. The molecule has 0 unspecified atom stereocenters. The lowest BCUT2D eigenvalue weighted by Gasteiger charge is -2.47. The number of carbonyl (C=O) groups excluding carboxylic acids is 6. The van der Waals surface area contributed by atoms with Gasteiger partial charge in [-0.15, -0.1) is 0 Å². The summed E-state index contributed by atoms with van der Waals surface area (Å²) in [5, 5.41) is 13.8. The van der Waals surface area contributed by atoms with E-state index in [-0.39, 0.29) is 84.4 Å². The first-order valence-corrected chi connectivity index (χ1v) is 26.1. The van der Waals surface area contributed by atoms with E-state index in [1.54, 1.807) is 47.5 Å². The van der Waals surface area contributed by atoms with Gasteiger partial charge in [-0.25, -0.2) is 14.8 Å². The highest BCUT2D eigenvalue weighted by Gasteiger charge is 2.40. The highest BCUT2D eigenvalue weighted by Crippen LogP contribution is 2.43. The first kappa shape index (κ1) is 51.8. The number of alkyl halides is 3. The normalized spacial score (nSPS) is 21.1. The number of nitrogen functional groups attached to an aromatic ring is 1. The minimum absolute atomic E-state index is 0.0555. The van der Waals surface area contributed by atoms with E-state index in [1.165, 1.54) is 4.90 Å². The van der Waals surface area contributed by atoms with Crippen molar-refractivity contribution in [3.05, 3.63) is 101 Å². The van der Waals surface area contributed by atoms with E-state index in [2.05, 4.69) is 30.8 Å². The van der Waals surface area contributed by atoms with E-state index >= 15 is 0 Å². The molecule has 5 N–H and O–H groups in total. The Bertz CT molecular complexity index is 3100. The van der Waals surface area contributed by atoms with Crippen LogP contribution in [0, 0.1) is 12.3 Å². The SMILES string of the molecule is Cc1ccc(C(=O)N2CCC3(CCN(CC(=O)N4CCC/C=C/c5cnc(N)c6c(-c7ccc(C(=O)Nc8cc(C(F)(F)F)ccn8)cc7)nn(c56)[C@@H]5CCC[C@H](C5)NC(=O)C4)CC3)CC2)cc1N1CCC(=O)NC1=O. The van der Waals surface area contributed by atoms with Crippen molar-refractivity contribution >= 4 is 69.9 Å². The van der Waals surface area contributed by atoms with Gasteiger partial charge in [0.25, 0.3) is 11.8 Å². The summed E-state index contributed by atoms with van der Waals surface area (Å²) in [6, 6.07) is 12.7. The Labute approximate surface area is 437 Å². The maximum atomic E-state index is 14.1. The number of likely N-dealkylation sites (tertiary alicyclic amines) is 2. The molecule has 21 heteroatoms. The second-order valence-electron chi connectivity index (χ2n) is 20.8. The third-order valence-electron chi connectivity index (χ3n) is 15.9. The van der Waals surface area contributed by atoms with Crippen molar-refractivity contribution in [2.24, 2.45) is 5.41 Å². The molecule has 76 heavy (non-hydrogen) atoms. The quantitative estimate of drug-likeness (QED) is 0.126. The number of nitrogens with one attached hydrogen (secondary N) is 3. The van der Waals surface area contributed by atoms with Crippen molar-refractivity contribution < 1.29 is 41.9 Å². The molecule has 4 fully saturated rings. The second-order valence-corrected chi connectivity index (χ2v) is 20.8. The van der Waals surface area contributed by atoms with Crippen LogP contribution in [0.25, 0.3) is 28.2 Å². The number of rotatable bonds is 7. The number of amides is 7. The van der Waals surface area contributed by atoms with Crippen molar-refractivity contribution in [3.8, 4) is 11.3 Å². The third-order valence-corrected chi connectivity index (χ3v) is 15.9. The standard InChI is InChI=1S/C55H61F3N12O6/c1-34-9-10-37(28-42(34)69-23-16-44(71)64-53(69)76)52(75)67-26-19-54(20-27-67)17-24-66(25-18-54)33-46(73)68-22-4-2-3-6-38-31-61-50(59)47-48(65-70(49(38)47)41-8-5-7-40(30-41)62-45(72)32-68)35-11-13-36(14-12-35)51(74)63-43-29-39(15-21-60-43)55(56,57)58/h3,6,9-15,21,28-29,31,40-41H,2,4-5,7-8,16-20,22-27,30,32-33H2,1H3,(H2,59,61)(H,62,72)(H,60,63,74)(H,64,71,76)/b6-3+/t40-,41-/m1/s1. The zero-order chi connectivity index (χ0) is 53.3. The van der Waals surface area contributed by atoms with Gasteiger partial charge in [0.05, 0.1) is 35.6 Å². The van der Waals surface area contributed by atoms with Gasteiger partial charge in [0.15, 0.2) is 0 Å². The number of halogens is 3. The van der Waals surface area contributed by atoms with Crippen molar-refractivity contribution in [1.29, 1.82) is 0 Å². The van der Waals surface area contributed by atoms with Crippen LogP contribution in [0.1, 0.15) is 114 Å². The zero-order valence-corrected chi connectivity index (χ0v) is 42.3. The monoisotopic (exact) mass is 1040 g/mol. The van der Waals surface area contributed by atoms with E-state index in [4.69, 9.17) is 10.8 Å². The Balaban J connectivity index is 0.775. The fourth-order valence-corrected chi connectivity index (χ4v) is 11.5. The van der Waals surface area contributed by atoms with Crippen molar-refractivity contribution in [2.45, 2.75) is 95.8 Å². The average molecular weight is 1040 g/mol. The van der Waals surface area contributed by atoms with E-state index in [0.29, 0.717) is 66.8 Å². The van der Waals surface area contributed by atoms with Gasteiger partial charge in [-0.2, -0.15) is 18.3 Å². The van der Waals surface area contributed by atoms with Gasteiger partial charge in [-0.3, -0.25) is 43.8 Å². The molecular formula is C55H61F3N12O6. The van der Waals surface area contributed by atoms with Crippen LogP contribution in [0.15, 0.2) is 73.1 Å². The fraction of sp³-hybridized carbons (Fsp3) is 0.436. The molecule has 1 aliphatic carbocycles. The summed E-state index contributed by atoms with van der Waals surface area (Å²) in [5.41, 5.74) is 10.7. The number of hydrogen-bond acceptors (Lipinski definition) is 11. The van der Waals surface area contributed by atoms with E-state index < -0.39 is 23.7 Å². The number of nitrogens with two attached hydrogens (primary N) is 1. The summed E-state index contributed by atoms with van der Waals surface area (Å²) < 4.78 is 41.9. The number of aromatic nitrogens is 4. The molecule has 398 valence electrons. The molecule has 2 atom stereocenters. The van der Waals surface area contributed by atoms with Crippen molar-refractivity contribution in [1.82, 2.24) is 45.1 Å². The number of pyridine rings is 2. The third kappa shape index (κ3) is 11.1. The van der Waals surface area contributed by atoms with Gasteiger partial charge in [-0.05, 0) is 132 Å². The van der Waals surface area contributed by atoms with E-state index in [1.807, 2.05) is 34.7 Å². The second kappa shape index (κ2) is 21.5. The largest absolute Gasteiger partial charge is 0.416 e. The lowest BCUT2D eigenvalue weighted by atomic mass is 9.71. The number of anilines is 3. The number of imide groups is 1. The Morgan fingerprint density at radius 2 is 1.61 bits per heavy atom. The van der Waals surface area contributed by atoms with Gasteiger partial charge >= 0.3 is 12.2 Å². The van der Waals surface area contributed by atoms with Crippen LogP contribution in [0.4, 0.5) is 35.3 Å². The minimum atomic E-state index is -4.59. The highest BCUT2D eigenvalue weighted by molar-refractivity contribution is 6.07. The smallest absolute Gasteiger partial charge is 0.383 e. The number of urea groups is 1. The number of allylic oxidation sites excluding steroid dienone is 1. The minimum Gasteiger partial charge on any atom is -0.383 e. The van der Waals surface area contributed by atoms with Gasteiger partial charge in [-0.1, -0.05) is 30.4 Å². The van der Waals surface area contributed by atoms with Crippen molar-refractivity contribution in [3.63, 3.8) is 0 Å². The number of fused-ring (bicyclic) bond motifs is 3. The van der Waals surface area contributed by atoms with Crippen LogP contribution in [0.2, 0.25) is 0 Å². The Hall–Kier alpha value is -7.68. The molecule has 2 bridgehead atoms. The van der Waals surface area contributed by atoms with Gasteiger partial charge in [0, 0.05) is 79.0 Å². The molecule has 5 aromatic rings. The van der Waals surface area contributed by atoms with Crippen LogP contribution in [-0.4, -0.2) is 128 Å². The summed E-state index contributed by atoms with van der Waals surface area (Å²) in [6.45, 7) is 5.37. The summed E-state index contributed by atoms with van der Waals surface area (Å²) in [4.78, 5) is 94.9. The lowest BCUT2D eigenvalue weighted by molar-refractivity contribution is -0.138. The van der Waals surface area contributed by atoms with Crippen LogP contribution >= 0.6 is 0 Å². The molecule has 5 aliphatic rings. The van der Waals surface area contributed by atoms with Crippen LogP contribution < -0.4 is 26.6 Å².